The van der Waals surface area contributed by atoms with Crippen LogP contribution in [0, 0.1) is 0 Å². The maximum absolute atomic E-state index is 11.8. The lowest BCUT2D eigenvalue weighted by Crippen LogP contribution is -2.25. The SMILES string of the molecule is CC(C)OCCCNC(=O)c1cc2occc2[nH]1. The van der Waals surface area contributed by atoms with Crippen molar-refractivity contribution in [2.75, 3.05) is 13.2 Å². The smallest absolute Gasteiger partial charge is 0.267 e. The van der Waals surface area contributed by atoms with Crippen molar-refractivity contribution in [3.63, 3.8) is 0 Å². The lowest BCUT2D eigenvalue weighted by atomic mass is 10.3. The Hall–Kier alpha value is -1.75. The van der Waals surface area contributed by atoms with E-state index < -0.39 is 0 Å². The van der Waals surface area contributed by atoms with Gasteiger partial charge in [-0.15, -0.1) is 0 Å². The van der Waals surface area contributed by atoms with E-state index in [1.807, 2.05) is 13.8 Å². The molecule has 0 unspecified atom stereocenters. The van der Waals surface area contributed by atoms with E-state index in [-0.39, 0.29) is 12.0 Å². The molecule has 2 aromatic heterocycles. The van der Waals surface area contributed by atoms with Crippen molar-refractivity contribution < 1.29 is 13.9 Å². The summed E-state index contributed by atoms with van der Waals surface area (Å²) in [6.07, 6.45) is 2.63. The van der Waals surface area contributed by atoms with Gasteiger partial charge < -0.3 is 19.5 Å². The van der Waals surface area contributed by atoms with Crippen molar-refractivity contribution >= 4 is 17.0 Å². The minimum atomic E-state index is -0.119. The number of H-pyrrole nitrogens is 1. The van der Waals surface area contributed by atoms with Crippen LogP contribution >= 0.6 is 0 Å². The van der Waals surface area contributed by atoms with Gasteiger partial charge >= 0.3 is 0 Å². The number of ether oxygens (including phenoxy) is 1. The zero-order valence-corrected chi connectivity index (χ0v) is 10.7. The molecule has 0 spiro atoms. The Balaban J connectivity index is 1.76. The molecule has 0 atom stereocenters. The highest BCUT2D eigenvalue weighted by atomic mass is 16.5. The second kappa shape index (κ2) is 5.73. The Morgan fingerprint density at radius 2 is 2.39 bits per heavy atom. The van der Waals surface area contributed by atoms with Gasteiger partial charge in [0.2, 0.25) is 0 Å². The lowest BCUT2D eigenvalue weighted by molar-refractivity contribution is 0.0756. The molecule has 5 heteroatoms. The third-order valence-electron chi connectivity index (χ3n) is 2.54. The van der Waals surface area contributed by atoms with E-state index >= 15 is 0 Å². The Kier molecular flexibility index (Phi) is 4.04. The van der Waals surface area contributed by atoms with Crippen LogP contribution in [0.25, 0.3) is 11.1 Å². The van der Waals surface area contributed by atoms with E-state index in [0.29, 0.717) is 24.4 Å². The number of furan rings is 1. The number of hydrogen-bond donors (Lipinski definition) is 2. The Bertz CT molecular complexity index is 485. The van der Waals surface area contributed by atoms with Crippen molar-refractivity contribution in [3.05, 3.63) is 24.1 Å². The van der Waals surface area contributed by atoms with Gasteiger partial charge in [-0.25, -0.2) is 0 Å². The fourth-order valence-electron chi connectivity index (χ4n) is 1.66. The number of rotatable bonds is 6. The number of aromatic nitrogens is 1. The fraction of sp³-hybridized carbons (Fsp3) is 0.462. The molecular formula is C13H18N2O3. The van der Waals surface area contributed by atoms with E-state index in [1.165, 1.54) is 0 Å². The van der Waals surface area contributed by atoms with E-state index in [4.69, 9.17) is 9.15 Å². The molecule has 0 aromatic carbocycles. The van der Waals surface area contributed by atoms with Crippen LogP contribution in [0.15, 0.2) is 22.8 Å². The maximum Gasteiger partial charge on any atom is 0.267 e. The van der Waals surface area contributed by atoms with Crippen molar-refractivity contribution in [1.29, 1.82) is 0 Å². The molecule has 0 fully saturated rings. The molecule has 1 amide bonds. The topological polar surface area (TPSA) is 67.3 Å². The average Bonchev–Trinajstić information content (AvgIpc) is 2.87. The molecule has 2 rings (SSSR count). The number of hydrogen-bond acceptors (Lipinski definition) is 3. The molecule has 0 aliphatic carbocycles. The van der Waals surface area contributed by atoms with Gasteiger partial charge in [0, 0.05) is 25.3 Å². The van der Waals surface area contributed by atoms with Crippen molar-refractivity contribution in [2.45, 2.75) is 26.4 Å². The molecule has 0 radical (unpaired) electrons. The van der Waals surface area contributed by atoms with Gasteiger partial charge in [-0.2, -0.15) is 0 Å². The van der Waals surface area contributed by atoms with Gasteiger partial charge in [-0.3, -0.25) is 4.79 Å². The summed E-state index contributed by atoms with van der Waals surface area (Å²) in [7, 11) is 0. The maximum atomic E-state index is 11.8. The highest BCUT2D eigenvalue weighted by molar-refractivity contribution is 5.96. The molecule has 2 heterocycles. The van der Waals surface area contributed by atoms with Crippen LogP contribution in [-0.4, -0.2) is 30.1 Å². The van der Waals surface area contributed by atoms with Crippen LogP contribution in [0.2, 0.25) is 0 Å². The summed E-state index contributed by atoms with van der Waals surface area (Å²) in [5.74, 6) is -0.119. The number of fused-ring (bicyclic) bond motifs is 1. The fourth-order valence-corrected chi connectivity index (χ4v) is 1.66. The molecule has 98 valence electrons. The zero-order valence-electron chi connectivity index (χ0n) is 10.7. The summed E-state index contributed by atoms with van der Waals surface area (Å²) in [6, 6.07) is 3.50. The molecule has 18 heavy (non-hydrogen) atoms. The molecule has 2 aromatic rings. The van der Waals surface area contributed by atoms with Gasteiger partial charge in [0.15, 0.2) is 5.58 Å². The van der Waals surface area contributed by atoms with Crippen LogP contribution in [0.4, 0.5) is 0 Å². The van der Waals surface area contributed by atoms with Crippen LogP contribution in [-0.2, 0) is 4.74 Å². The Labute approximate surface area is 105 Å². The van der Waals surface area contributed by atoms with Crippen LogP contribution in [0.1, 0.15) is 30.8 Å². The Morgan fingerprint density at radius 1 is 1.56 bits per heavy atom. The monoisotopic (exact) mass is 250 g/mol. The lowest BCUT2D eigenvalue weighted by Gasteiger charge is -2.07. The van der Waals surface area contributed by atoms with Crippen molar-refractivity contribution in [2.24, 2.45) is 0 Å². The first kappa shape index (κ1) is 12.7. The standard InChI is InChI=1S/C13H18N2O3/c1-9(2)17-6-3-5-14-13(16)11-8-12-10(15-11)4-7-18-12/h4,7-9,15H,3,5-6H2,1-2H3,(H,14,16). The number of amides is 1. The second-order valence-electron chi connectivity index (χ2n) is 4.41. The predicted octanol–water partition coefficient (Wildman–Crippen LogP) is 2.31. The number of aromatic amines is 1. The summed E-state index contributed by atoms with van der Waals surface area (Å²) in [4.78, 5) is 14.8. The third-order valence-corrected chi connectivity index (χ3v) is 2.54. The van der Waals surface area contributed by atoms with E-state index in [2.05, 4.69) is 10.3 Å². The minimum absolute atomic E-state index is 0.119. The largest absolute Gasteiger partial charge is 0.463 e. The summed E-state index contributed by atoms with van der Waals surface area (Å²) < 4.78 is 10.6. The molecule has 0 saturated carbocycles. The highest BCUT2D eigenvalue weighted by Crippen LogP contribution is 2.15. The third kappa shape index (κ3) is 3.13. The molecule has 5 nitrogen and oxygen atoms in total. The zero-order chi connectivity index (χ0) is 13.0. The average molecular weight is 250 g/mol. The van der Waals surface area contributed by atoms with Crippen molar-refractivity contribution in [1.82, 2.24) is 10.3 Å². The van der Waals surface area contributed by atoms with E-state index in [0.717, 1.165) is 11.9 Å². The summed E-state index contributed by atoms with van der Waals surface area (Å²) in [6.45, 7) is 5.25. The molecule has 0 bridgehead atoms. The van der Waals surface area contributed by atoms with Crippen LogP contribution < -0.4 is 5.32 Å². The first-order valence-corrected chi connectivity index (χ1v) is 6.13. The molecule has 0 aliphatic heterocycles. The first-order valence-electron chi connectivity index (χ1n) is 6.13. The quantitative estimate of drug-likeness (QED) is 0.773. The van der Waals surface area contributed by atoms with Crippen molar-refractivity contribution in [3.8, 4) is 0 Å². The minimum Gasteiger partial charge on any atom is -0.463 e. The van der Waals surface area contributed by atoms with Crippen LogP contribution in [0.3, 0.4) is 0 Å². The summed E-state index contributed by atoms with van der Waals surface area (Å²) in [5.41, 5.74) is 2.06. The second-order valence-corrected chi connectivity index (χ2v) is 4.41. The summed E-state index contributed by atoms with van der Waals surface area (Å²) in [5, 5.41) is 2.83. The number of carbonyl (C=O) groups is 1. The highest BCUT2D eigenvalue weighted by Gasteiger charge is 2.10. The molecule has 0 saturated heterocycles. The predicted molar refractivity (Wildman–Crippen MR) is 68.6 cm³/mol. The van der Waals surface area contributed by atoms with Gasteiger partial charge in [-0.05, 0) is 20.3 Å². The van der Waals surface area contributed by atoms with Crippen LogP contribution in [0.5, 0.6) is 0 Å². The molecule has 0 aliphatic rings. The number of nitrogens with one attached hydrogen (secondary N) is 2. The van der Waals surface area contributed by atoms with Gasteiger partial charge in [0.25, 0.3) is 5.91 Å². The number of carbonyl (C=O) groups excluding carboxylic acids is 1. The van der Waals surface area contributed by atoms with Gasteiger partial charge in [0.1, 0.15) is 5.69 Å². The van der Waals surface area contributed by atoms with E-state index in [9.17, 15) is 4.79 Å². The normalized spacial score (nSPS) is 11.3. The van der Waals surface area contributed by atoms with Gasteiger partial charge in [-0.1, -0.05) is 0 Å². The molecular weight excluding hydrogens is 232 g/mol. The first-order chi connectivity index (χ1) is 8.66. The Morgan fingerprint density at radius 3 is 3.11 bits per heavy atom. The van der Waals surface area contributed by atoms with Gasteiger partial charge in [0.05, 0.1) is 17.9 Å². The van der Waals surface area contributed by atoms with E-state index in [1.54, 1.807) is 18.4 Å². The molecule has 2 N–H and O–H groups in total. The summed E-state index contributed by atoms with van der Waals surface area (Å²) >= 11 is 0.